The Morgan fingerprint density at radius 2 is 2.00 bits per heavy atom. The second-order valence-corrected chi connectivity index (χ2v) is 5.86. The van der Waals surface area contributed by atoms with Crippen LogP contribution in [0, 0.1) is 15.9 Å². The average molecular weight is 262 g/mol. The van der Waals surface area contributed by atoms with E-state index in [4.69, 9.17) is 0 Å². The van der Waals surface area contributed by atoms with Crippen LogP contribution < -0.4 is 4.72 Å². The lowest BCUT2D eigenvalue weighted by Crippen LogP contribution is -2.22. The van der Waals surface area contributed by atoms with Crippen LogP contribution in [-0.4, -0.2) is 18.6 Å². The van der Waals surface area contributed by atoms with E-state index < -0.39 is 31.7 Å². The van der Waals surface area contributed by atoms with Gasteiger partial charge in [0.1, 0.15) is 0 Å². The Morgan fingerprint density at radius 1 is 1.41 bits per heavy atom. The van der Waals surface area contributed by atoms with Crippen molar-refractivity contribution >= 4 is 21.4 Å². The van der Waals surface area contributed by atoms with Crippen LogP contribution in [0.2, 0.25) is 0 Å². The SMILES string of the molecule is CC(C)S(=O)(=O)Nc1ccc(F)c([N+](=O)[O-])c1. The summed E-state index contributed by atoms with van der Waals surface area (Å²) in [6.45, 7) is 2.92. The molecule has 1 aromatic rings. The van der Waals surface area contributed by atoms with Crippen molar-refractivity contribution in [2.45, 2.75) is 19.1 Å². The van der Waals surface area contributed by atoms with Crippen LogP contribution in [0.1, 0.15) is 13.8 Å². The first-order valence-corrected chi connectivity index (χ1v) is 6.24. The fourth-order valence-corrected chi connectivity index (χ4v) is 1.69. The third-order valence-electron chi connectivity index (χ3n) is 2.02. The quantitative estimate of drug-likeness (QED) is 0.662. The second kappa shape index (κ2) is 4.66. The van der Waals surface area contributed by atoms with Crippen molar-refractivity contribution in [1.82, 2.24) is 0 Å². The Hall–Kier alpha value is -1.70. The van der Waals surface area contributed by atoms with Crippen LogP contribution >= 0.6 is 0 Å². The lowest BCUT2D eigenvalue weighted by molar-refractivity contribution is -0.387. The van der Waals surface area contributed by atoms with Gasteiger partial charge in [0.05, 0.1) is 15.9 Å². The summed E-state index contributed by atoms with van der Waals surface area (Å²) < 4.78 is 38.1. The predicted molar refractivity (Wildman–Crippen MR) is 60.7 cm³/mol. The summed E-state index contributed by atoms with van der Waals surface area (Å²) in [5, 5.41) is 9.77. The highest BCUT2D eigenvalue weighted by molar-refractivity contribution is 7.93. The Morgan fingerprint density at radius 3 is 2.47 bits per heavy atom. The molecule has 0 amide bonds. The molecule has 0 saturated heterocycles. The number of nitro groups is 1. The minimum absolute atomic E-state index is 0.0354. The lowest BCUT2D eigenvalue weighted by Gasteiger charge is -2.10. The Bertz CT molecular complexity index is 542. The van der Waals surface area contributed by atoms with Crippen LogP contribution in [0.25, 0.3) is 0 Å². The van der Waals surface area contributed by atoms with E-state index in [2.05, 4.69) is 4.72 Å². The molecule has 17 heavy (non-hydrogen) atoms. The fourth-order valence-electron chi connectivity index (χ4n) is 0.998. The van der Waals surface area contributed by atoms with E-state index in [9.17, 15) is 22.9 Å². The van der Waals surface area contributed by atoms with Crippen molar-refractivity contribution in [3.05, 3.63) is 34.1 Å². The van der Waals surface area contributed by atoms with Crippen molar-refractivity contribution in [3.8, 4) is 0 Å². The second-order valence-electron chi connectivity index (χ2n) is 3.62. The Labute approximate surface area is 97.7 Å². The van der Waals surface area contributed by atoms with E-state index in [1.807, 2.05) is 0 Å². The van der Waals surface area contributed by atoms with Crippen LogP contribution in [0.3, 0.4) is 0 Å². The van der Waals surface area contributed by atoms with Gasteiger partial charge in [0.25, 0.3) is 0 Å². The smallest absolute Gasteiger partial charge is 0.283 e. The molecule has 1 N–H and O–H groups in total. The highest BCUT2D eigenvalue weighted by Gasteiger charge is 2.19. The molecule has 94 valence electrons. The number of benzene rings is 1. The first-order chi connectivity index (χ1) is 7.74. The monoisotopic (exact) mass is 262 g/mol. The number of hydrogen-bond donors (Lipinski definition) is 1. The number of nitrogens with one attached hydrogen (secondary N) is 1. The van der Waals surface area contributed by atoms with Gasteiger partial charge in [-0.15, -0.1) is 0 Å². The molecule has 0 aliphatic carbocycles. The molecule has 0 unspecified atom stereocenters. The maximum Gasteiger partial charge on any atom is 0.306 e. The number of nitrogens with zero attached hydrogens (tertiary/aromatic N) is 1. The minimum Gasteiger partial charge on any atom is -0.283 e. The van der Waals surface area contributed by atoms with E-state index in [0.29, 0.717) is 0 Å². The molecular formula is C9H11FN2O4S. The number of hydrogen-bond acceptors (Lipinski definition) is 4. The topological polar surface area (TPSA) is 89.3 Å². The number of rotatable bonds is 4. The van der Waals surface area contributed by atoms with Gasteiger partial charge in [0, 0.05) is 6.07 Å². The van der Waals surface area contributed by atoms with Crippen LogP contribution in [0.15, 0.2) is 18.2 Å². The van der Waals surface area contributed by atoms with Crippen LogP contribution in [0.5, 0.6) is 0 Å². The normalized spacial score (nSPS) is 11.5. The first-order valence-electron chi connectivity index (χ1n) is 4.69. The molecule has 1 rings (SSSR count). The zero-order chi connectivity index (χ0) is 13.2. The van der Waals surface area contributed by atoms with Crippen LogP contribution in [0.4, 0.5) is 15.8 Å². The summed E-state index contributed by atoms with van der Waals surface area (Å²) in [4.78, 5) is 9.55. The maximum atomic E-state index is 13.0. The van der Waals surface area contributed by atoms with Crippen molar-refractivity contribution in [3.63, 3.8) is 0 Å². The van der Waals surface area contributed by atoms with E-state index in [1.165, 1.54) is 13.8 Å². The van der Waals surface area contributed by atoms with Gasteiger partial charge in [-0.2, -0.15) is 4.39 Å². The van der Waals surface area contributed by atoms with Gasteiger partial charge >= 0.3 is 5.69 Å². The molecule has 0 heterocycles. The number of anilines is 1. The highest BCUT2D eigenvalue weighted by atomic mass is 32.2. The van der Waals surface area contributed by atoms with E-state index >= 15 is 0 Å². The van der Waals surface area contributed by atoms with E-state index in [-0.39, 0.29) is 5.69 Å². The van der Waals surface area contributed by atoms with E-state index in [0.717, 1.165) is 18.2 Å². The molecule has 0 radical (unpaired) electrons. The van der Waals surface area contributed by atoms with Crippen molar-refractivity contribution in [1.29, 1.82) is 0 Å². The van der Waals surface area contributed by atoms with Gasteiger partial charge in [-0.25, -0.2) is 8.42 Å². The number of sulfonamides is 1. The fraction of sp³-hybridized carbons (Fsp3) is 0.333. The number of halogens is 1. The molecule has 0 fully saturated rings. The summed E-state index contributed by atoms with van der Waals surface area (Å²) in [5.41, 5.74) is -0.805. The lowest BCUT2D eigenvalue weighted by atomic mass is 10.3. The minimum atomic E-state index is -3.60. The summed E-state index contributed by atoms with van der Waals surface area (Å²) >= 11 is 0. The molecule has 0 aliphatic rings. The van der Waals surface area contributed by atoms with Crippen molar-refractivity contribution < 1.29 is 17.7 Å². The molecular weight excluding hydrogens is 251 g/mol. The van der Waals surface area contributed by atoms with Crippen LogP contribution in [-0.2, 0) is 10.0 Å². The zero-order valence-electron chi connectivity index (χ0n) is 9.18. The molecule has 0 aliphatic heterocycles. The highest BCUT2D eigenvalue weighted by Crippen LogP contribution is 2.22. The van der Waals surface area contributed by atoms with Gasteiger partial charge < -0.3 is 0 Å². The molecule has 6 nitrogen and oxygen atoms in total. The molecule has 0 spiro atoms. The largest absolute Gasteiger partial charge is 0.306 e. The molecule has 0 aromatic heterocycles. The zero-order valence-corrected chi connectivity index (χ0v) is 9.99. The number of nitro benzene ring substituents is 1. The summed E-state index contributed by atoms with van der Waals surface area (Å²) in [7, 11) is -3.60. The van der Waals surface area contributed by atoms with Gasteiger partial charge in [-0.1, -0.05) is 0 Å². The predicted octanol–water partition coefficient (Wildman–Crippen LogP) is 1.88. The molecule has 0 atom stereocenters. The standard InChI is InChI=1S/C9H11FN2O4S/c1-6(2)17(15,16)11-7-3-4-8(10)9(5-7)12(13)14/h3-6,11H,1-2H3. The first kappa shape index (κ1) is 13.4. The molecule has 0 bridgehead atoms. The Balaban J connectivity index is 3.10. The van der Waals surface area contributed by atoms with Gasteiger partial charge in [0.15, 0.2) is 0 Å². The third-order valence-corrected chi connectivity index (χ3v) is 3.78. The molecule has 8 heteroatoms. The van der Waals surface area contributed by atoms with Gasteiger partial charge in [-0.3, -0.25) is 14.8 Å². The average Bonchev–Trinajstić information content (AvgIpc) is 2.20. The van der Waals surface area contributed by atoms with Gasteiger partial charge in [-0.05, 0) is 26.0 Å². The molecule has 0 saturated carbocycles. The third kappa shape index (κ3) is 3.13. The maximum absolute atomic E-state index is 13.0. The summed E-state index contributed by atoms with van der Waals surface area (Å²) in [5.74, 6) is -1.01. The Kier molecular flexibility index (Phi) is 3.66. The van der Waals surface area contributed by atoms with Gasteiger partial charge in [0.2, 0.25) is 15.8 Å². The summed E-state index contributed by atoms with van der Waals surface area (Å²) in [6.07, 6.45) is 0. The van der Waals surface area contributed by atoms with E-state index in [1.54, 1.807) is 0 Å². The van der Waals surface area contributed by atoms with Crippen molar-refractivity contribution in [2.24, 2.45) is 0 Å². The molecule has 1 aromatic carbocycles. The summed E-state index contributed by atoms with van der Waals surface area (Å²) in [6, 6.07) is 2.81. The van der Waals surface area contributed by atoms with Crippen molar-refractivity contribution in [2.75, 3.05) is 4.72 Å².